The second-order valence-corrected chi connectivity index (χ2v) is 7.47. The number of sulfonamides is 1. The Morgan fingerprint density at radius 2 is 1.86 bits per heavy atom. The first-order chi connectivity index (χ1) is 9.83. The number of nitrogens with one attached hydrogen (secondary N) is 1. The Kier molecular flexibility index (Phi) is 6.84. The van der Waals surface area contributed by atoms with Crippen LogP contribution in [-0.2, 0) is 23.0 Å². The van der Waals surface area contributed by atoms with Crippen LogP contribution >= 0.6 is 0 Å². The third-order valence-corrected chi connectivity index (χ3v) is 5.49. The maximum Gasteiger partial charge on any atom is 0.240 e. The van der Waals surface area contributed by atoms with Crippen LogP contribution in [0.15, 0.2) is 23.1 Å². The molecule has 21 heavy (non-hydrogen) atoms. The van der Waals surface area contributed by atoms with Gasteiger partial charge in [-0.05, 0) is 48.9 Å². The number of hydrogen-bond donors (Lipinski definition) is 2. The molecule has 5 heteroatoms. The number of nitrogens with two attached hydrogens (primary N) is 1. The van der Waals surface area contributed by atoms with Crippen molar-refractivity contribution in [3.8, 4) is 0 Å². The Bertz CT molecular complexity index is 555. The molecule has 3 N–H and O–H groups in total. The van der Waals surface area contributed by atoms with E-state index >= 15 is 0 Å². The molecule has 0 heterocycles. The third-order valence-electron chi connectivity index (χ3n) is 3.90. The summed E-state index contributed by atoms with van der Waals surface area (Å²) in [5, 5.41) is 0. The van der Waals surface area contributed by atoms with Gasteiger partial charge in [-0.3, -0.25) is 0 Å². The average molecular weight is 312 g/mol. The summed E-state index contributed by atoms with van der Waals surface area (Å²) in [5.74, 6) is 0.504. The fourth-order valence-electron chi connectivity index (χ4n) is 2.46. The quantitative estimate of drug-likeness (QED) is 0.775. The minimum absolute atomic E-state index is 0.0721. The summed E-state index contributed by atoms with van der Waals surface area (Å²) in [7, 11) is -3.48. The van der Waals surface area contributed by atoms with E-state index in [1.165, 1.54) is 0 Å². The van der Waals surface area contributed by atoms with Gasteiger partial charge in [0.15, 0.2) is 0 Å². The maximum absolute atomic E-state index is 12.4. The van der Waals surface area contributed by atoms with E-state index in [0.717, 1.165) is 30.4 Å². The lowest BCUT2D eigenvalue weighted by molar-refractivity contribution is 0.445. The summed E-state index contributed by atoms with van der Waals surface area (Å²) in [5.41, 5.74) is 7.71. The molecule has 0 fully saturated rings. The Morgan fingerprint density at radius 1 is 1.19 bits per heavy atom. The van der Waals surface area contributed by atoms with Crippen LogP contribution < -0.4 is 10.5 Å². The van der Waals surface area contributed by atoms with E-state index in [0.29, 0.717) is 17.4 Å². The molecule has 0 aliphatic carbocycles. The monoisotopic (exact) mass is 312 g/mol. The van der Waals surface area contributed by atoms with Crippen LogP contribution in [0.4, 0.5) is 0 Å². The van der Waals surface area contributed by atoms with Gasteiger partial charge in [0, 0.05) is 12.6 Å². The molecule has 0 aromatic heterocycles. The molecule has 2 unspecified atom stereocenters. The van der Waals surface area contributed by atoms with Gasteiger partial charge in [-0.25, -0.2) is 13.1 Å². The van der Waals surface area contributed by atoms with E-state index in [4.69, 9.17) is 5.73 Å². The van der Waals surface area contributed by atoms with Gasteiger partial charge in [0.2, 0.25) is 10.0 Å². The normalized spacial score (nSPS) is 14.9. The first-order valence-electron chi connectivity index (χ1n) is 7.68. The summed E-state index contributed by atoms with van der Waals surface area (Å²) in [6, 6.07) is 5.14. The molecular formula is C16H28N2O2S. The molecule has 0 radical (unpaired) electrons. The van der Waals surface area contributed by atoms with Gasteiger partial charge in [0.25, 0.3) is 0 Å². The van der Waals surface area contributed by atoms with Gasteiger partial charge in [-0.15, -0.1) is 0 Å². The van der Waals surface area contributed by atoms with Gasteiger partial charge in [0.05, 0.1) is 4.90 Å². The molecule has 0 bridgehead atoms. The molecule has 0 amide bonds. The minimum Gasteiger partial charge on any atom is -0.326 e. The lowest BCUT2D eigenvalue weighted by Gasteiger charge is -2.18. The molecule has 1 rings (SSSR count). The molecule has 0 aliphatic heterocycles. The van der Waals surface area contributed by atoms with Crippen LogP contribution in [0.25, 0.3) is 0 Å². The molecule has 4 nitrogen and oxygen atoms in total. The fourth-order valence-corrected chi connectivity index (χ4v) is 3.76. The van der Waals surface area contributed by atoms with Gasteiger partial charge in [-0.1, -0.05) is 33.3 Å². The highest BCUT2D eigenvalue weighted by atomic mass is 32.2. The Hall–Kier alpha value is -0.910. The standard InChI is InChI=1S/C16H28N2O2S/c1-5-12(3)9-13(4)18-21(19,20)16-8-7-14(6-2)15(10-16)11-17/h7-8,10,12-13,18H,5-6,9,11,17H2,1-4H3. The smallest absolute Gasteiger partial charge is 0.240 e. The molecule has 1 aromatic carbocycles. The predicted octanol–water partition coefficient (Wildman–Crippen LogP) is 2.81. The molecule has 0 spiro atoms. The van der Waals surface area contributed by atoms with Crippen LogP contribution in [0.5, 0.6) is 0 Å². The van der Waals surface area contributed by atoms with Gasteiger partial charge in [-0.2, -0.15) is 0 Å². The van der Waals surface area contributed by atoms with Crippen LogP contribution in [0.3, 0.4) is 0 Å². The Labute approximate surface area is 129 Å². The van der Waals surface area contributed by atoms with E-state index in [1.54, 1.807) is 12.1 Å². The maximum atomic E-state index is 12.4. The molecule has 0 saturated carbocycles. The Balaban J connectivity index is 2.92. The average Bonchev–Trinajstić information content (AvgIpc) is 2.45. The summed E-state index contributed by atoms with van der Waals surface area (Å²) in [6.07, 6.45) is 2.74. The molecule has 1 aromatic rings. The Morgan fingerprint density at radius 3 is 2.38 bits per heavy atom. The van der Waals surface area contributed by atoms with Crippen molar-refractivity contribution in [1.82, 2.24) is 4.72 Å². The molecule has 120 valence electrons. The highest BCUT2D eigenvalue weighted by molar-refractivity contribution is 7.89. The fraction of sp³-hybridized carbons (Fsp3) is 0.625. The number of benzene rings is 1. The van der Waals surface area contributed by atoms with Crippen molar-refractivity contribution >= 4 is 10.0 Å². The van der Waals surface area contributed by atoms with E-state index in [9.17, 15) is 8.42 Å². The van der Waals surface area contributed by atoms with Crippen molar-refractivity contribution in [3.05, 3.63) is 29.3 Å². The molecule has 0 aliphatic rings. The zero-order valence-corrected chi connectivity index (χ0v) is 14.3. The van der Waals surface area contributed by atoms with Crippen LogP contribution in [0.1, 0.15) is 51.7 Å². The third kappa shape index (κ3) is 5.09. The molecule has 2 atom stereocenters. The largest absolute Gasteiger partial charge is 0.326 e. The summed E-state index contributed by atoms with van der Waals surface area (Å²) >= 11 is 0. The van der Waals surface area contributed by atoms with Gasteiger partial charge in [0.1, 0.15) is 0 Å². The number of aryl methyl sites for hydroxylation is 1. The van der Waals surface area contributed by atoms with Crippen molar-refractivity contribution in [1.29, 1.82) is 0 Å². The highest BCUT2D eigenvalue weighted by Gasteiger charge is 2.19. The molecule has 0 saturated heterocycles. The lowest BCUT2D eigenvalue weighted by Crippen LogP contribution is -2.33. The highest BCUT2D eigenvalue weighted by Crippen LogP contribution is 2.18. The second kappa shape index (κ2) is 7.92. The summed E-state index contributed by atoms with van der Waals surface area (Å²) in [6.45, 7) is 8.55. The first kappa shape index (κ1) is 18.1. The topological polar surface area (TPSA) is 72.2 Å². The van der Waals surface area contributed by atoms with Crippen molar-refractivity contribution in [3.63, 3.8) is 0 Å². The number of rotatable bonds is 8. The van der Waals surface area contributed by atoms with E-state index in [2.05, 4.69) is 18.6 Å². The summed E-state index contributed by atoms with van der Waals surface area (Å²) < 4.78 is 27.6. The summed E-state index contributed by atoms with van der Waals surface area (Å²) in [4.78, 5) is 0.302. The van der Waals surface area contributed by atoms with Crippen LogP contribution in [0.2, 0.25) is 0 Å². The number of hydrogen-bond acceptors (Lipinski definition) is 3. The van der Waals surface area contributed by atoms with Crippen molar-refractivity contribution in [2.75, 3.05) is 0 Å². The van der Waals surface area contributed by atoms with E-state index < -0.39 is 10.0 Å². The zero-order valence-electron chi connectivity index (χ0n) is 13.5. The van der Waals surface area contributed by atoms with Gasteiger partial charge < -0.3 is 5.73 Å². The SMILES string of the molecule is CCc1ccc(S(=O)(=O)NC(C)CC(C)CC)cc1CN. The van der Waals surface area contributed by atoms with E-state index in [-0.39, 0.29) is 6.04 Å². The first-order valence-corrected chi connectivity index (χ1v) is 9.16. The molecular weight excluding hydrogens is 284 g/mol. The van der Waals surface area contributed by atoms with Crippen molar-refractivity contribution < 1.29 is 8.42 Å². The zero-order chi connectivity index (χ0) is 16.0. The van der Waals surface area contributed by atoms with Gasteiger partial charge >= 0.3 is 0 Å². The predicted molar refractivity (Wildman–Crippen MR) is 87.6 cm³/mol. The van der Waals surface area contributed by atoms with E-state index in [1.807, 2.05) is 19.9 Å². The second-order valence-electron chi connectivity index (χ2n) is 5.76. The van der Waals surface area contributed by atoms with Crippen LogP contribution in [0, 0.1) is 5.92 Å². The minimum atomic E-state index is -3.48. The van der Waals surface area contributed by atoms with Crippen LogP contribution in [-0.4, -0.2) is 14.5 Å². The van der Waals surface area contributed by atoms with Crippen molar-refractivity contribution in [2.45, 2.75) is 64.4 Å². The van der Waals surface area contributed by atoms with Crippen molar-refractivity contribution in [2.24, 2.45) is 11.7 Å². The lowest BCUT2D eigenvalue weighted by atomic mass is 10.0.